The minimum absolute atomic E-state index is 0.0280. The maximum atomic E-state index is 13.5. The summed E-state index contributed by atoms with van der Waals surface area (Å²) in [6.45, 7) is 5.02. The second kappa shape index (κ2) is 6.12. The molecule has 4 nitrogen and oxygen atoms in total. The van der Waals surface area contributed by atoms with Crippen LogP contribution < -0.4 is 0 Å². The maximum Gasteiger partial charge on any atom is 0.335 e. The van der Waals surface area contributed by atoms with Crippen molar-refractivity contribution < 1.29 is 14.3 Å². The number of rotatable bonds is 4. The summed E-state index contributed by atoms with van der Waals surface area (Å²) >= 11 is 0. The number of benzene rings is 1. The van der Waals surface area contributed by atoms with Gasteiger partial charge in [0.1, 0.15) is 5.82 Å². The Morgan fingerprint density at radius 3 is 2.71 bits per heavy atom. The number of nitrogens with zero attached hydrogens (tertiary/aromatic N) is 2. The molecule has 114 valence electrons. The number of likely N-dealkylation sites (tertiary alicyclic amines) is 2. The van der Waals surface area contributed by atoms with Gasteiger partial charge >= 0.3 is 5.97 Å². The Labute approximate surface area is 124 Å². The van der Waals surface area contributed by atoms with Crippen molar-refractivity contribution in [1.29, 1.82) is 0 Å². The molecule has 0 aliphatic carbocycles. The lowest BCUT2D eigenvalue weighted by Gasteiger charge is -2.23. The van der Waals surface area contributed by atoms with Crippen LogP contribution in [-0.4, -0.2) is 53.1 Å². The molecule has 0 radical (unpaired) electrons. The summed E-state index contributed by atoms with van der Waals surface area (Å²) in [5.74, 6) is -1.55. The van der Waals surface area contributed by atoms with Crippen molar-refractivity contribution in [3.05, 3.63) is 35.1 Å². The molecule has 2 aliphatic rings. The van der Waals surface area contributed by atoms with Crippen molar-refractivity contribution in [3.63, 3.8) is 0 Å². The van der Waals surface area contributed by atoms with E-state index in [1.54, 1.807) is 6.07 Å². The molecule has 2 saturated heterocycles. The first-order valence-corrected chi connectivity index (χ1v) is 7.61. The number of carboxylic acid groups (broad SMARTS) is 1. The van der Waals surface area contributed by atoms with Crippen molar-refractivity contribution >= 4 is 5.97 Å². The molecule has 1 N–H and O–H groups in total. The Morgan fingerprint density at radius 2 is 2.00 bits per heavy atom. The second-order valence-corrected chi connectivity index (χ2v) is 6.07. The summed E-state index contributed by atoms with van der Waals surface area (Å²) in [6.07, 6.45) is 3.74. The van der Waals surface area contributed by atoms with Gasteiger partial charge in [0, 0.05) is 25.7 Å². The van der Waals surface area contributed by atoms with Crippen molar-refractivity contribution in [2.45, 2.75) is 31.8 Å². The first kappa shape index (κ1) is 14.5. The summed E-state index contributed by atoms with van der Waals surface area (Å²) in [7, 11) is 0. The van der Waals surface area contributed by atoms with E-state index in [0.29, 0.717) is 12.6 Å². The molecule has 5 heteroatoms. The third-order valence-electron chi connectivity index (χ3n) is 4.52. The van der Waals surface area contributed by atoms with Crippen LogP contribution in [0.1, 0.15) is 35.2 Å². The van der Waals surface area contributed by atoms with Crippen molar-refractivity contribution in [2.75, 3.05) is 26.2 Å². The lowest BCUT2D eigenvalue weighted by atomic mass is 10.1. The predicted molar refractivity (Wildman–Crippen MR) is 77.8 cm³/mol. The van der Waals surface area contributed by atoms with Gasteiger partial charge in [0.25, 0.3) is 0 Å². The molecule has 2 fully saturated rings. The Bertz CT molecular complexity index is 529. The highest BCUT2D eigenvalue weighted by Gasteiger charge is 2.29. The van der Waals surface area contributed by atoms with Crippen LogP contribution in [0.5, 0.6) is 0 Å². The molecule has 21 heavy (non-hydrogen) atoms. The number of carboxylic acids is 1. The van der Waals surface area contributed by atoms with Crippen LogP contribution in [0, 0.1) is 5.82 Å². The molecule has 0 saturated carbocycles. The van der Waals surface area contributed by atoms with Crippen LogP contribution >= 0.6 is 0 Å². The highest BCUT2D eigenvalue weighted by molar-refractivity contribution is 5.87. The van der Waals surface area contributed by atoms with E-state index in [1.165, 1.54) is 32.0 Å². The zero-order valence-corrected chi connectivity index (χ0v) is 12.1. The van der Waals surface area contributed by atoms with Gasteiger partial charge in [-0.05, 0) is 56.1 Å². The molecule has 2 aliphatic heterocycles. The van der Waals surface area contributed by atoms with Crippen molar-refractivity contribution in [2.24, 2.45) is 0 Å². The Balaban J connectivity index is 1.63. The summed E-state index contributed by atoms with van der Waals surface area (Å²) in [5, 5.41) is 8.99. The topological polar surface area (TPSA) is 43.8 Å². The summed E-state index contributed by atoms with van der Waals surface area (Å²) in [5.41, 5.74) is 0.773. The first-order chi connectivity index (χ1) is 10.1. The number of hydrogen-bond donors (Lipinski definition) is 1. The summed E-state index contributed by atoms with van der Waals surface area (Å²) in [6, 6.07) is 4.70. The lowest BCUT2D eigenvalue weighted by molar-refractivity contribution is 0.0696. The monoisotopic (exact) mass is 292 g/mol. The average Bonchev–Trinajstić information content (AvgIpc) is 3.08. The molecule has 2 heterocycles. The quantitative estimate of drug-likeness (QED) is 0.924. The molecule has 0 aromatic heterocycles. The van der Waals surface area contributed by atoms with Gasteiger partial charge in [-0.25, -0.2) is 9.18 Å². The van der Waals surface area contributed by atoms with E-state index in [0.717, 1.165) is 31.1 Å². The highest BCUT2D eigenvalue weighted by Crippen LogP contribution is 2.22. The third kappa shape index (κ3) is 3.41. The van der Waals surface area contributed by atoms with Gasteiger partial charge in [-0.15, -0.1) is 0 Å². The van der Waals surface area contributed by atoms with E-state index < -0.39 is 11.8 Å². The molecule has 3 rings (SSSR count). The largest absolute Gasteiger partial charge is 0.478 e. The van der Waals surface area contributed by atoms with E-state index in [2.05, 4.69) is 9.80 Å². The molecule has 1 atom stereocenters. The first-order valence-electron chi connectivity index (χ1n) is 7.61. The Morgan fingerprint density at radius 1 is 1.24 bits per heavy atom. The average molecular weight is 292 g/mol. The van der Waals surface area contributed by atoms with Crippen molar-refractivity contribution in [3.8, 4) is 0 Å². The zero-order valence-electron chi connectivity index (χ0n) is 12.1. The van der Waals surface area contributed by atoms with Gasteiger partial charge in [0.05, 0.1) is 5.56 Å². The predicted octanol–water partition coefficient (Wildman–Crippen LogP) is 2.19. The minimum atomic E-state index is -1.08. The molecule has 1 unspecified atom stereocenters. The van der Waals surface area contributed by atoms with Gasteiger partial charge in [-0.3, -0.25) is 9.80 Å². The number of halogens is 1. The molecule has 1 aromatic carbocycles. The number of carbonyl (C=O) groups is 1. The Kier molecular flexibility index (Phi) is 4.22. The van der Waals surface area contributed by atoms with E-state index in [4.69, 9.17) is 5.11 Å². The van der Waals surface area contributed by atoms with Gasteiger partial charge in [0.15, 0.2) is 0 Å². The van der Waals surface area contributed by atoms with Gasteiger partial charge in [-0.2, -0.15) is 0 Å². The fourth-order valence-corrected chi connectivity index (χ4v) is 3.48. The van der Waals surface area contributed by atoms with E-state index in [1.807, 2.05) is 0 Å². The van der Waals surface area contributed by atoms with Crippen LogP contribution in [0.3, 0.4) is 0 Å². The summed E-state index contributed by atoms with van der Waals surface area (Å²) in [4.78, 5) is 15.8. The number of aromatic carboxylic acids is 1. The van der Waals surface area contributed by atoms with Gasteiger partial charge in [0.2, 0.25) is 0 Å². The smallest absolute Gasteiger partial charge is 0.335 e. The third-order valence-corrected chi connectivity index (χ3v) is 4.52. The van der Waals surface area contributed by atoms with Crippen LogP contribution in [0.25, 0.3) is 0 Å². The highest BCUT2D eigenvalue weighted by atomic mass is 19.1. The van der Waals surface area contributed by atoms with E-state index in [-0.39, 0.29) is 5.56 Å². The van der Waals surface area contributed by atoms with Crippen LogP contribution in [-0.2, 0) is 6.54 Å². The van der Waals surface area contributed by atoms with Gasteiger partial charge in [-0.1, -0.05) is 0 Å². The molecule has 1 aromatic rings. The standard InChI is InChI=1S/C16H21FN2O2/c17-14-8-12(7-13(9-14)16(20)21)10-18-6-3-15(11-18)19-4-1-2-5-19/h7-9,15H,1-6,10-11H2,(H,20,21). The molecule has 0 bridgehead atoms. The van der Waals surface area contributed by atoms with Crippen LogP contribution in [0.4, 0.5) is 4.39 Å². The zero-order chi connectivity index (χ0) is 14.8. The van der Waals surface area contributed by atoms with Crippen LogP contribution in [0.15, 0.2) is 18.2 Å². The fourth-order valence-electron chi connectivity index (χ4n) is 3.48. The lowest BCUT2D eigenvalue weighted by Crippen LogP contribution is -2.35. The van der Waals surface area contributed by atoms with E-state index >= 15 is 0 Å². The second-order valence-electron chi connectivity index (χ2n) is 6.07. The molecular weight excluding hydrogens is 271 g/mol. The maximum absolute atomic E-state index is 13.5. The van der Waals surface area contributed by atoms with Crippen LogP contribution in [0.2, 0.25) is 0 Å². The molecule has 0 amide bonds. The normalized spacial score (nSPS) is 23.8. The van der Waals surface area contributed by atoms with Gasteiger partial charge < -0.3 is 5.11 Å². The van der Waals surface area contributed by atoms with E-state index in [9.17, 15) is 9.18 Å². The Hall–Kier alpha value is -1.46. The minimum Gasteiger partial charge on any atom is -0.478 e. The molecule has 0 spiro atoms. The fraction of sp³-hybridized carbons (Fsp3) is 0.562. The molecular formula is C16H21FN2O2. The number of hydrogen-bond acceptors (Lipinski definition) is 3. The SMILES string of the molecule is O=C(O)c1cc(F)cc(CN2CCC(N3CCCC3)C2)c1. The van der Waals surface area contributed by atoms with Crippen molar-refractivity contribution in [1.82, 2.24) is 9.80 Å². The summed E-state index contributed by atoms with van der Waals surface area (Å²) < 4.78 is 13.5.